The number of hydrogen-bond donors (Lipinski definition) is 3. The molecule has 1 aromatic rings. The van der Waals surface area contributed by atoms with Crippen molar-refractivity contribution in [3.63, 3.8) is 0 Å². The molecule has 0 radical (unpaired) electrons. The number of carboxylic acids is 1. The number of rotatable bonds is 4. The maximum absolute atomic E-state index is 11.4. The van der Waals surface area contributed by atoms with Crippen LogP contribution in [-0.4, -0.2) is 23.6 Å². The molecule has 0 aliphatic rings. The van der Waals surface area contributed by atoms with Crippen LogP contribution in [0.3, 0.4) is 0 Å². The minimum absolute atomic E-state index is 0.312. The SMILES string of the molecule is Nc1ccc(C(=O)NOCC(=O)O)cc1Br. The van der Waals surface area contributed by atoms with Gasteiger partial charge < -0.3 is 10.8 Å². The van der Waals surface area contributed by atoms with Crippen LogP contribution in [0.15, 0.2) is 22.7 Å². The number of carboxylic acid groups (broad SMARTS) is 1. The van der Waals surface area contributed by atoms with E-state index in [2.05, 4.69) is 20.8 Å². The number of aliphatic carboxylic acids is 1. The summed E-state index contributed by atoms with van der Waals surface area (Å²) in [6, 6.07) is 4.56. The van der Waals surface area contributed by atoms with Crippen molar-refractivity contribution in [1.29, 1.82) is 0 Å². The Morgan fingerprint density at radius 1 is 1.50 bits per heavy atom. The lowest BCUT2D eigenvalue weighted by molar-refractivity contribution is -0.144. The largest absolute Gasteiger partial charge is 0.479 e. The first kappa shape index (κ1) is 12.5. The zero-order valence-corrected chi connectivity index (χ0v) is 9.65. The number of carbonyl (C=O) groups excluding carboxylic acids is 1. The van der Waals surface area contributed by atoms with Crippen LogP contribution in [0.1, 0.15) is 10.4 Å². The highest BCUT2D eigenvalue weighted by Crippen LogP contribution is 2.20. The number of benzene rings is 1. The number of nitrogens with two attached hydrogens (primary N) is 1. The molecule has 0 bridgehead atoms. The van der Waals surface area contributed by atoms with Crippen molar-refractivity contribution < 1.29 is 19.5 Å². The van der Waals surface area contributed by atoms with Crippen LogP contribution in [0, 0.1) is 0 Å². The molecule has 86 valence electrons. The number of anilines is 1. The zero-order valence-electron chi connectivity index (χ0n) is 8.07. The van der Waals surface area contributed by atoms with Crippen molar-refractivity contribution in [2.24, 2.45) is 0 Å². The van der Waals surface area contributed by atoms with Gasteiger partial charge in [0.05, 0.1) is 0 Å². The zero-order chi connectivity index (χ0) is 12.1. The highest BCUT2D eigenvalue weighted by atomic mass is 79.9. The minimum atomic E-state index is -1.17. The molecular weight excluding hydrogens is 280 g/mol. The number of carbonyl (C=O) groups is 2. The monoisotopic (exact) mass is 288 g/mol. The Hall–Kier alpha value is -1.60. The summed E-state index contributed by atoms with van der Waals surface area (Å²) in [5.74, 6) is -1.71. The Balaban J connectivity index is 2.59. The number of hydrogen-bond acceptors (Lipinski definition) is 4. The average molecular weight is 289 g/mol. The minimum Gasteiger partial charge on any atom is -0.479 e. The molecule has 0 saturated carbocycles. The molecule has 4 N–H and O–H groups in total. The predicted molar refractivity (Wildman–Crippen MR) is 59.6 cm³/mol. The molecule has 7 heteroatoms. The van der Waals surface area contributed by atoms with Crippen LogP contribution in [0.5, 0.6) is 0 Å². The molecule has 0 unspecified atom stereocenters. The Kier molecular flexibility index (Phi) is 4.27. The van der Waals surface area contributed by atoms with E-state index in [4.69, 9.17) is 10.8 Å². The maximum Gasteiger partial charge on any atom is 0.332 e. The van der Waals surface area contributed by atoms with Crippen LogP contribution in [0.4, 0.5) is 5.69 Å². The van der Waals surface area contributed by atoms with Crippen molar-refractivity contribution in [1.82, 2.24) is 5.48 Å². The van der Waals surface area contributed by atoms with Crippen LogP contribution in [-0.2, 0) is 9.63 Å². The molecule has 0 fully saturated rings. The van der Waals surface area contributed by atoms with E-state index in [1.54, 1.807) is 6.07 Å². The fraction of sp³-hybridized carbons (Fsp3) is 0.111. The van der Waals surface area contributed by atoms with Crippen LogP contribution < -0.4 is 11.2 Å². The predicted octanol–water partition coefficient (Wildman–Crippen LogP) is 0.777. The summed E-state index contributed by atoms with van der Waals surface area (Å²) in [5.41, 5.74) is 8.35. The van der Waals surface area contributed by atoms with Crippen molar-refractivity contribution in [2.45, 2.75) is 0 Å². The first-order valence-corrected chi connectivity index (χ1v) is 4.99. The Bertz CT molecular complexity index is 422. The molecule has 0 aliphatic carbocycles. The third-order valence-corrected chi connectivity index (χ3v) is 2.31. The Morgan fingerprint density at radius 3 is 2.75 bits per heavy atom. The van der Waals surface area contributed by atoms with Gasteiger partial charge in [0.1, 0.15) is 0 Å². The topological polar surface area (TPSA) is 102 Å². The standard InChI is InChI=1S/C9H9BrN2O4/c10-6-3-5(1-2-7(6)11)9(15)12-16-4-8(13)14/h1-3H,4,11H2,(H,12,15)(H,13,14). The molecule has 6 nitrogen and oxygen atoms in total. The third-order valence-electron chi connectivity index (χ3n) is 1.62. The smallest absolute Gasteiger partial charge is 0.332 e. The van der Waals surface area contributed by atoms with Gasteiger partial charge in [-0.2, -0.15) is 0 Å². The Labute approximate surface area is 99.5 Å². The summed E-state index contributed by atoms with van der Waals surface area (Å²) >= 11 is 3.17. The molecule has 16 heavy (non-hydrogen) atoms. The van der Waals surface area contributed by atoms with Gasteiger partial charge in [-0.15, -0.1) is 0 Å². The van der Waals surface area contributed by atoms with E-state index in [-0.39, 0.29) is 0 Å². The van der Waals surface area contributed by atoms with E-state index >= 15 is 0 Å². The second kappa shape index (κ2) is 5.47. The van der Waals surface area contributed by atoms with Crippen LogP contribution in [0.25, 0.3) is 0 Å². The maximum atomic E-state index is 11.4. The molecule has 1 aromatic carbocycles. The van der Waals surface area contributed by atoms with Gasteiger partial charge in [0.15, 0.2) is 6.61 Å². The van der Waals surface area contributed by atoms with Gasteiger partial charge in [0, 0.05) is 15.7 Å². The molecule has 0 atom stereocenters. The van der Waals surface area contributed by atoms with E-state index in [0.717, 1.165) is 0 Å². The van der Waals surface area contributed by atoms with Crippen molar-refractivity contribution in [3.05, 3.63) is 28.2 Å². The third kappa shape index (κ3) is 3.52. The molecule has 0 aliphatic heterocycles. The lowest BCUT2D eigenvalue weighted by Crippen LogP contribution is -2.26. The van der Waals surface area contributed by atoms with E-state index in [0.29, 0.717) is 15.7 Å². The summed E-state index contributed by atoms with van der Waals surface area (Å²) in [5, 5.41) is 8.28. The fourth-order valence-corrected chi connectivity index (χ4v) is 1.27. The van der Waals surface area contributed by atoms with Gasteiger partial charge in [0.2, 0.25) is 0 Å². The molecule has 0 aromatic heterocycles. The molecule has 0 spiro atoms. The number of amides is 1. The van der Waals surface area contributed by atoms with Gasteiger partial charge >= 0.3 is 5.97 Å². The molecule has 0 saturated heterocycles. The van der Waals surface area contributed by atoms with Gasteiger partial charge in [-0.3, -0.25) is 9.63 Å². The van der Waals surface area contributed by atoms with E-state index in [1.165, 1.54) is 12.1 Å². The van der Waals surface area contributed by atoms with Crippen molar-refractivity contribution >= 4 is 33.5 Å². The Morgan fingerprint density at radius 2 is 2.19 bits per heavy atom. The quantitative estimate of drug-likeness (QED) is 0.561. The number of hydroxylamine groups is 1. The van der Waals surface area contributed by atoms with Crippen LogP contribution >= 0.6 is 15.9 Å². The highest BCUT2D eigenvalue weighted by molar-refractivity contribution is 9.10. The summed E-state index contributed by atoms with van der Waals surface area (Å²) in [6.07, 6.45) is 0. The molecule has 0 heterocycles. The summed E-state index contributed by atoms with van der Waals surface area (Å²) in [6.45, 7) is -0.595. The van der Waals surface area contributed by atoms with Gasteiger partial charge in [0.25, 0.3) is 5.91 Å². The van der Waals surface area contributed by atoms with Gasteiger partial charge in [-0.1, -0.05) is 0 Å². The van der Waals surface area contributed by atoms with Gasteiger partial charge in [-0.25, -0.2) is 10.3 Å². The summed E-state index contributed by atoms with van der Waals surface area (Å²) in [4.78, 5) is 26.0. The number of nitrogens with one attached hydrogen (secondary N) is 1. The first-order valence-electron chi connectivity index (χ1n) is 4.19. The second-order valence-corrected chi connectivity index (χ2v) is 3.70. The summed E-state index contributed by atoms with van der Waals surface area (Å²) in [7, 11) is 0. The normalized spacial score (nSPS) is 9.81. The molecular formula is C9H9BrN2O4. The van der Waals surface area contributed by atoms with Gasteiger partial charge in [-0.05, 0) is 34.1 Å². The lowest BCUT2D eigenvalue weighted by atomic mass is 10.2. The number of halogens is 1. The first-order chi connectivity index (χ1) is 7.50. The van der Waals surface area contributed by atoms with E-state index in [1.807, 2.05) is 5.48 Å². The second-order valence-electron chi connectivity index (χ2n) is 2.85. The lowest BCUT2D eigenvalue weighted by Gasteiger charge is -2.05. The van der Waals surface area contributed by atoms with Crippen molar-refractivity contribution in [3.8, 4) is 0 Å². The van der Waals surface area contributed by atoms with E-state index in [9.17, 15) is 9.59 Å². The highest BCUT2D eigenvalue weighted by Gasteiger charge is 2.08. The summed E-state index contributed by atoms with van der Waals surface area (Å²) < 4.78 is 0.582. The van der Waals surface area contributed by atoms with E-state index < -0.39 is 18.5 Å². The fourth-order valence-electron chi connectivity index (χ4n) is 0.891. The average Bonchev–Trinajstić information content (AvgIpc) is 2.21. The van der Waals surface area contributed by atoms with Crippen LogP contribution in [0.2, 0.25) is 0 Å². The number of nitrogen functional groups attached to an aromatic ring is 1. The molecule has 1 rings (SSSR count). The molecule has 1 amide bonds. The van der Waals surface area contributed by atoms with Crippen molar-refractivity contribution in [2.75, 3.05) is 12.3 Å².